The molecule has 4 rings (SSSR count). The predicted molar refractivity (Wildman–Crippen MR) is 122 cm³/mol. The minimum atomic E-state index is -4.79. The molecule has 4 aromatic rings. The number of hydrogen-bond acceptors (Lipinski definition) is 1. The molecule has 38 heavy (non-hydrogen) atoms. The molecule has 0 aromatic heterocycles. The van der Waals surface area contributed by atoms with Gasteiger partial charge in [0.15, 0.2) is 29.0 Å². The number of aryl methyl sites for hydroxylation is 1. The highest BCUT2D eigenvalue weighted by atomic mass is 19.3. The summed E-state index contributed by atoms with van der Waals surface area (Å²) in [6.45, 7) is 1.97. The van der Waals surface area contributed by atoms with Crippen LogP contribution in [0.1, 0.15) is 24.5 Å². The van der Waals surface area contributed by atoms with Gasteiger partial charge in [-0.2, -0.15) is 13.2 Å². The Bertz CT molecular complexity index is 1450. The number of ether oxygens (including phenoxy) is 1. The van der Waals surface area contributed by atoms with Crippen LogP contribution in [0.3, 0.4) is 0 Å². The summed E-state index contributed by atoms with van der Waals surface area (Å²) in [6.07, 6.45) is -3.13. The first-order valence-corrected chi connectivity index (χ1v) is 11.2. The second kappa shape index (κ2) is 10.4. The quantitative estimate of drug-likeness (QED) is 0.168. The first-order chi connectivity index (χ1) is 17.9. The van der Waals surface area contributed by atoms with Gasteiger partial charge in [0.05, 0.1) is 0 Å². The van der Waals surface area contributed by atoms with Crippen molar-refractivity contribution >= 4 is 0 Å². The zero-order valence-corrected chi connectivity index (χ0v) is 19.5. The van der Waals surface area contributed by atoms with Gasteiger partial charge >= 0.3 is 6.11 Å². The molecule has 0 unspecified atom stereocenters. The fourth-order valence-electron chi connectivity index (χ4n) is 3.90. The summed E-state index contributed by atoms with van der Waals surface area (Å²) in [7, 11) is 0. The van der Waals surface area contributed by atoms with Crippen LogP contribution in [-0.2, 0) is 12.5 Å². The molecule has 0 spiro atoms. The minimum absolute atomic E-state index is 0.0389. The Morgan fingerprint density at radius 2 is 1.16 bits per heavy atom. The number of rotatable bonds is 7. The topological polar surface area (TPSA) is 9.23 Å². The van der Waals surface area contributed by atoms with E-state index in [4.69, 9.17) is 0 Å². The maximum Gasteiger partial charge on any atom is 0.432 e. The lowest BCUT2D eigenvalue weighted by atomic mass is 10.00. The van der Waals surface area contributed by atoms with E-state index < -0.39 is 69.3 Å². The molecule has 0 atom stereocenters. The Labute approximate surface area is 211 Å². The molecule has 0 N–H and O–H groups in total. The van der Waals surface area contributed by atoms with Crippen LogP contribution < -0.4 is 4.74 Å². The molecular weight excluding hydrogens is 523 g/mol. The van der Waals surface area contributed by atoms with Crippen LogP contribution in [0, 0.1) is 40.7 Å². The van der Waals surface area contributed by atoms with E-state index in [1.165, 1.54) is 0 Å². The predicted octanol–water partition coefficient (Wildman–Crippen LogP) is 9.08. The lowest BCUT2D eigenvalue weighted by Crippen LogP contribution is -2.26. The summed E-state index contributed by atoms with van der Waals surface area (Å²) >= 11 is 0. The highest BCUT2D eigenvalue weighted by Gasteiger charge is 2.42. The number of benzene rings is 4. The Balaban J connectivity index is 1.65. The third kappa shape index (κ3) is 5.20. The Kier molecular flexibility index (Phi) is 7.44. The van der Waals surface area contributed by atoms with Crippen molar-refractivity contribution in [1.82, 2.24) is 0 Å². The van der Waals surface area contributed by atoms with E-state index in [0.717, 1.165) is 18.4 Å². The molecule has 0 amide bonds. The first kappa shape index (κ1) is 27.1. The van der Waals surface area contributed by atoms with E-state index in [1.807, 2.05) is 6.92 Å². The van der Waals surface area contributed by atoms with Crippen molar-refractivity contribution in [2.24, 2.45) is 0 Å². The number of hydrogen-bond donors (Lipinski definition) is 0. The summed E-state index contributed by atoms with van der Waals surface area (Å²) in [5.41, 5.74) is -1.98. The highest BCUT2D eigenvalue weighted by Crippen LogP contribution is 2.39. The van der Waals surface area contributed by atoms with Crippen molar-refractivity contribution in [1.29, 1.82) is 0 Å². The SMILES string of the molecule is CCCc1ccc(-c2cc(F)c(C(F)(F)Oc3ccc(-c4cc(F)c(F)c(F)c4)c(F)c3F)c(F)c2)cc1. The van der Waals surface area contributed by atoms with Crippen molar-refractivity contribution in [2.45, 2.75) is 25.9 Å². The fraction of sp³-hybridized carbons (Fsp3) is 0.143. The molecule has 0 saturated carbocycles. The molecule has 0 saturated heterocycles. The normalized spacial score (nSPS) is 11.6. The monoisotopic (exact) mass is 540 g/mol. The lowest BCUT2D eigenvalue weighted by molar-refractivity contribution is -0.191. The van der Waals surface area contributed by atoms with Crippen molar-refractivity contribution in [3.63, 3.8) is 0 Å². The van der Waals surface area contributed by atoms with E-state index in [9.17, 15) is 39.5 Å². The van der Waals surface area contributed by atoms with E-state index in [-0.39, 0.29) is 5.56 Å². The molecule has 1 nitrogen and oxygen atoms in total. The average Bonchev–Trinajstić information content (AvgIpc) is 2.85. The zero-order chi connectivity index (χ0) is 27.8. The standard InChI is InChI=1S/C28H17F9O/c1-2-3-14-4-6-15(7-5-14)16-10-19(29)24(20(30)11-16)28(36,37)38-23-9-8-18(25(33)27(23)35)17-12-21(31)26(34)22(32)13-17/h4-13H,2-3H2,1H3. The van der Waals surface area contributed by atoms with Gasteiger partial charge in [0, 0.05) is 5.56 Å². The fourth-order valence-corrected chi connectivity index (χ4v) is 3.90. The average molecular weight is 540 g/mol. The van der Waals surface area contributed by atoms with Gasteiger partial charge in [-0.3, -0.25) is 0 Å². The Morgan fingerprint density at radius 1 is 0.605 bits per heavy atom. The van der Waals surface area contributed by atoms with Gasteiger partial charge in [0.25, 0.3) is 0 Å². The van der Waals surface area contributed by atoms with Crippen molar-refractivity contribution in [3.05, 3.63) is 113 Å². The van der Waals surface area contributed by atoms with Crippen LogP contribution in [-0.4, -0.2) is 0 Å². The summed E-state index contributed by atoms with van der Waals surface area (Å²) in [6, 6.07) is 9.77. The molecule has 0 fully saturated rings. The third-order valence-corrected chi connectivity index (χ3v) is 5.74. The van der Waals surface area contributed by atoms with Gasteiger partial charge in [-0.05, 0) is 65.1 Å². The van der Waals surface area contributed by atoms with Crippen LogP contribution in [0.2, 0.25) is 0 Å². The van der Waals surface area contributed by atoms with E-state index in [0.29, 0.717) is 42.0 Å². The van der Waals surface area contributed by atoms with Crippen LogP contribution in [0.4, 0.5) is 39.5 Å². The van der Waals surface area contributed by atoms with Gasteiger partial charge < -0.3 is 4.74 Å². The van der Waals surface area contributed by atoms with E-state index >= 15 is 0 Å². The van der Waals surface area contributed by atoms with Gasteiger partial charge in [0.2, 0.25) is 5.82 Å². The summed E-state index contributed by atoms with van der Waals surface area (Å²) in [4.78, 5) is 0. The number of halogens is 9. The smallest absolute Gasteiger partial charge is 0.425 e. The summed E-state index contributed by atoms with van der Waals surface area (Å²) in [5.74, 6) is -14.0. The molecule has 0 heterocycles. The van der Waals surface area contributed by atoms with Crippen molar-refractivity contribution in [3.8, 4) is 28.0 Å². The molecule has 0 bridgehead atoms. The lowest BCUT2D eigenvalue weighted by Gasteiger charge is -2.21. The van der Waals surface area contributed by atoms with Crippen molar-refractivity contribution in [2.75, 3.05) is 0 Å². The molecule has 0 radical (unpaired) electrons. The third-order valence-electron chi connectivity index (χ3n) is 5.74. The second-order valence-corrected chi connectivity index (χ2v) is 8.37. The molecule has 0 aliphatic rings. The van der Waals surface area contributed by atoms with E-state index in [2.05, 4.69) is 4.74 Å². The first-order valence-electron chi connectivity index (χ1n) is 11.2. The minimum Gasteiger partial charge on any atom is -0.425 e. The largest absolute Gasteiger partial charge is 0.432 e. The Hall–Kier alpha value is -3.95. The second-order valence-electron chi connectivity index (χ2n) is 8.37. The molecule has 10 heteroatoms. The van der Waals surface area contributed by atoms with Crippen LogP contribution in [0.25, 0.3) is 22.3 Å². The van der Waals surface area contributed by atoms with E-state index in [1.54, 1.807) is 24.3 Å². The van der Waals surface area contributed by atoms with Gasteiger partial charge in [-0.1, -0.05) is 37.6 Å². The molecule has 0 aliphatic heterocycles. The molecular formula is C28H17F9O. The Morgan fingerprint density at radius 3 is 1.71 bits per heavy atom. The maximum atomic E-state index is 14.8. The summed E-state index contributed by atoms with van der Waals surface area (Å²) in [5, 5.41) is 0. The number of alkyl halides is 2. The highest BCUT2D eigenvalue weighted by molar-refractivity contribution is 5.66. The van der Waals surface area contributed by atoms with Crippen molar-refractivity contribution < 1.29 is 44.3 Å². The van der Waals surface area contributed by atoms with Crippen LogP contribution >= 0.6 is 0 Å². The maximum absolute atomic E-state index is 14.8. The van der Waals surface area contributed by atoms with Crippen LogP contribution in [0.15, 0.2) is 60.7 Å². The van der Waals surface area contributed by atoms with Gasteiger partial charge in [0.1, 0.15) is 17.2 Å². The van der Waals surface area contributed by atoms with Gasteiger partial charge in [-0.15, -0.1) is 0 Å². The summed E-state index contributed by atoms with van der Waals surface area (Å²) < 4.78 is 132. The molecule has 198 valence electrons. The van der Waals surface area contributed by atoms with Crippen LogP contribution in [0.5, 0.6) is 5.75 Å². The zero-order valence-electron chi connectivity index (χ0n) is 19.5. The van der Waals surface area contributed by atoms with Gasteiger partial charge in [-0.25, -0.2) is 26.3 Å². The molecule has 0 aliphatic carbocycles. The molecule has 4 aromatic carbocycles.